The Kier molecular flexibility index (Phi) is 6.69. The van der Waals surface area contributed by atoms with Gasteiger partial charge in [-0.3, -0.25) is 9.59 Å². The smallest absolute Gasteiger partial charge is 0.227 e. The molecule has 158 valence electrons. The lowest BCUT2D eigenvalue weighted by atomic mass is 10.2. The van der Waals surface area contributed by atoms with Crippen molar-refractivity contribution in [2.75, 3.05) is 52.9 Å². The number of para-hydroxylation sites is 2. The Balaban J connectivity index is 1.32. The first-order valence-corrected chi connectivity index (χ1v) is 11.6. The van der Waals surface area contributed by atoms with Crippen LogP contribution < -0.4 is 19.9 Å². The SMILES string of the molecule is O=C(CCC(=O)N1CCOc2ccccc21)Nc1ccc(N2CCSCC2)c(Cl)c1. The van der Waals surface area contributed by atoms with Crippen molar-refractivity contribution in [1.29, 1.82) is 0 Å². The summed E-state index contributed by atoms with van der Waals surface area (Å²) in [6, 6.07) is 13.0. The van der Waals surface area contributed by atoms with Crippen molar-refractivity contribution in [3.05, 3.63) is 47.5 Å². The van der Waals surface area contributed by atoms with Crippen molar-refractivity contribution in [2.45, 2.75) is 12.8 Å². The molecule has 0 spiro atoms. The van der Waals surface area contributed by atoms with Gasteiger partial charge in [0.25, 0.3) is 0 Å². The number of amides is 2. The maximum atomic E-state index is 12.7. The monoisotopic (exact) mass is 445 g/mol. The predicted octanol–water partition coefficient (Wildman–Crippen LogP) is 4.04. The summed E-state index contributed by atoms with van der Waals surface area (Å²) in [6.07, 6.45) is 0.249. The second kappa shape index (κ2) is 9.62. The van der Waals surface area contributed by atoms with Crippen molar-refractivity contribution in [1.82, 2.24) is 0 Å². The van der Waals surface area contributed by atoms with Crippen LogP contribution in [0.3, 0.4) is 0 Å². The fraction of sp³-hybridized carbons (Fsp3) is 0.364. The van der Waals surface area contributed by atoms with Gasteiger partial charge < -0.3 is 19.9 Å². The minimum absolute atomic E-state index is 0.0859. The average molecular weight is 446 g/mol. The van der Waals surface area contributed by atoms with Gasteiger partial charge in [0, 0.05) is 43.1 Å². The van der Waals surface area contributed by atoms with E-state index in [0.29, 0.717) is 29.6 Å². The maximum absolute atomic E-state index is 12.7. The van der Waals surface area contributed by atoms with Gasteiger partial charge in [-0.1, -0.05) is 23.7 Å². The molecule has 6 nitrogen and oxygen atoms in total. The number of carbonyl (C=O) groups is 2. The van der Waals surface area contributed by atoms with Crippen LogP contribution in [-0.4, -0.2) is 49.6 Å². The number of halogens is 1. The van der Waals surface area contributed by atoms with Crippen LogP contribution in [0, 0.1) is 0 Å². The number of rotatable bonds is 5. The number of thioether (sulfide) groups is 1. The van der Waals surface area contributed by atoms with Crippen LogP contribution >= 0.6 is 23.4 Å². The quantitative estimate of drug-likeness (QED) is 0.752. The summed E-state index contributed by atoms with van der Waals surface area (Å²) < 4.78 is 5.58. The summed E-state index contributed by atoms with van der Waals surface area (Å²) in [5.74, 6) is 2.59. The van der Waals surface area contributed by atoms with Gasteiger partial charge in [-0.05, 0) is 30.3 Å². The van der Waals surface area contributed by atoms with Crippen LogP contribution in [0.4, 0.5) is 17.1 Å². The van der Waals surface area contributed by atoms with Crippen molar-refractivity contribution >= 4 is 52.2 Å². The molecular formula is C22H24ClN3O3S. The van der Waals surface area contributed by atoms with E-state index in [4.69, 9.17) is 16.3 Å². The molecule has 0 aliphatic carbocycles. The third-order valence-corrected chi connectivity index (χ3v) is 6.42. The van der Waals surface area contributed by atoms with E-state index in [0.717, 1.165) is 36.0 Å². The Bertz CT molecular complexity index is 934. The molecule has 1 fully saturated rings. The zero-order valence-electron chi connectivity index (χ0n) is 16.6. The zero-order valence-corrected chi connectivity index (χ0v) is 18.2. The van der Waals surface area contributed by atoms with Crippen LogP contribution in [0.15, 0.2) is 42.5 Å². The molecule has 1 N–H and O–H groups in total. The third-order valence-electron chi connectivity index (χ3n) is 5.18. The van der Waals surface area contributed by atoms with Crippen LogP contribution in [0.2, 0.25) is 5.02 Å². The van der Waals surface area contributed by atoms with Gasteiger partial charge in [0.1, 0.15) is 12.4 Å². The summed E-state index contributed by atoms with van der Waals surface area (Å²) >= 11 is 8.40. The van der Waals surface area contributed by atoms with Gasteiger partial charge in [0.2, 0.25) is 11.8 Å². The molecule has 2 amide bonds. The molecule has 0 radical (unpaired) electrons. The first-order chi connectivity index (χ1) is 14.6. The zero-order chi connectivity index (χ0) is 20.9. The van der Waals surface area contributed by atoms with Crippen molar-refractivity contribution < 1.29 is 14.3 Å². The number of benzene rings is 2. The first-order valence-electron chi connectivity index (χ1n) is 10.1. The number of hydrogen-bond donors (Lipinski definition) is 1. The number of nitrogens with one attached hydrogen (secondary N) is 1. The molecule has 0 saturated carbocycles. The third kappa shape index (κ3) is 4.84. The molecule has 1 saturated heterocycles. The largest absolute Gasteiger partial charge is 0.490 e. The highest BCUT2D eigenvalue weighted by Gasteiger charge is 2.23. The molecule has 2 aromatic rings. The molecule has 0 unspecified atom stereocenters. The Hall–Kier alpha value is -2.38. The van der Waals surface area contributed by atoms with Gasteiger partial charge in [0.15, 0.2) is 0 Å². The van der Waals surface area contributed by atoms with Gasteiger partial charge in [-0.25, -0.2) is 0 Å². The second-order valence-corrected chi connectivity index (χ2v) is 8.81. The standard InChI is InChI=1S/C22H24ClN3O3S/c23-17-15-16(5-6-18(17)25-10-13-30-14-11-25)24-21(27)7-8-22(28)26-9-12-29-20-4-2-1-3-19(20)26/h1-6,15H,7-14H2,(H,24,27). The summed E-state index contributed by atoms with van der Waals surface area (Å²) in [4.78, 5) is 29.0. The molecule has 2 heterocycles. The lowest BCUT2D eigenvalue weighted by Gasteiger charge is -2.29. The number of ether oxygens (including phenoxy) is 1. The normalized spacial score (nSPS) is 15.9. The lowest BCUT2D eigenvalue weighted by Crippen LogP contribution is -2.38. The van der Waals surface area contributed by atoms with Crippen molar-refractivity contribution in [3.63, 3.8) is 0 Å². The summed E-state index contributed by atoms with van der Waals surface area (Å²) in [5, 5.41) is 3.47. The lowest BCUT2D eigenvalue weighted by molar-refractivity contribution is -0.122. The average Bonchev–Trinajstić information content (AvgIpc) is 2.78. The fourth-order valence-electron chi connectivity index (χ4n) is 3.65. The molecule has 0 bridgehead atoms. The van der Waals surface area contributed by atoms with Crippen molar-refractivity contribution in [2.24, 2.45) is 0 Å². The van der Waals surface area contributed by atoms with E-state index in [2.05, 4.69) is 10.2 Å². The highest BCUT2D eigenvalue weighted by atomic mass is 35.5. The van der Waals surface area contributed by atoms with E-state index in [-0.39, 0.29) is 24.7 Å². The summed E-state index contributed by atoms with van der Waals surface area (Å²) in [5.41, 5.74) is 2.40. The van der Waals surface area contributed by atoms with E-state index >= 15 is 0 Å². The van der Waals surface area contributed by atoms with Gasteiger partial charge in [0.05, 0.1) is 22.9 Å². The molecule has 2 aromatic carbocycles. The van der Waals surface area contributed by atoms with Crippen molar-refractivity contribution in [3.8, 4) is 5.75 Å². The van der Waals surface area contributed by atoms with E-state index in [1.807, 2.05) is 48.2 Å². The Morgan fingerprint density at radius 3 is 2.63 bits per heavy atom. The predicted molar refractivity (Wildman–Crippen MR) is 123 cm³/mol. The topological polar surface area (TPSA) is 61.9 Å². The Morgan fingerprint density at radius 1 is 1.03 bits per heavy atom. The summed E-state index contributed by atoms with van der Waals surface area (Å²) in [7, 11) is 0. The number of carbonyl (C=O) groups excluding carboxylic acids is 2. The molecule has 8 heteroatoms. The number of hydrogen-bond acceptors (Lipinski definition) is 5. The molecule has 2 aliphatic heterocycles. The van der Waals surface area contributed by atoms with E-state index in [9.17, 15) is 9.59 Å². The molecular weight excluding hydrogens is 422 g/mol. The second-order valence-electron chi connectivity index (χ2n) is 7.18. The Labute approximate surface area is 185 Å². The highest BCUT2D eigenvalue weighted by Crippen LogP contribution is 2.32. The van der Waals surface area contributed by atoms with Crippen LogP contribution in [0.25, 0.3) is 0 Å². The van der Waals surface area contributed by atoms with Crippen LogP contribution in [-0.2, 0) is 9.59 Å². The van der Waals surface area contributed by atoms with Crippen LogP contribution in [0.5, 0.6) is 5.75 Å². The minimum atomic E-state index is -0.205. The molecule has 0 atom stereocenters. The van der Waals surface area contributed by atoms with E-state index in [1.54, 1.807) is 11.0 Å². The molecule has 30 heavy (non-hydrogen) atoms. The number of anilines is 3. The van der Waals surface area contributed by atoms with E-state index < -0.39 is 0 Å². The molecule has 4 rings (SSSR count). The van der Waals surface area contributed by atoms with Crippen LogP contribution in [0.1, 0.15) is 12.8 Å². The maximum Gasteiger partial charge on any atom is 0.227 e. The van der Waals surface area contributed by atoms with Gasteiger partial charge >= 0.3 is 0 Å². The van der Waals surface area contributed by atoms with Gasteiger partial charge in [-0.2, -0.15) is 11.8 Å². The Morgan fingerprint density at radius 2 is 1.83 bits per heavy atom. The number of nitrogens with zero attached hydrogens (tertiary/aromatic N) is 2. The fourth-order valence-corrected chi connectivity index (χ4v) is 4.86. The first kappa shape index (κ1) is 20.9. The van der Waals surface area contributed by atoms with Gasteiger partial charge in [-0.15, -0.1) is 0 Å². The summed E-state index contributed by atoms with van der Waals surface area (Å²) in [6.45, 7) is 2.89. The molecule has 0 aromatic heterocycles. The van der Waals surface area contributed by atoms with E-state index in [1.165, 1.54) is 0 Å². The highest BCUT2D eigenvalue weighted by molar-refractivity contribution is 7.99. The minimum Gasteiger partial charge on any atom is -0.490 e. The molecule has 2 aliphatic rings. The number of fused-ring (bicyclic) bond motifs is 1.